The summed E-state index contributed by atoms with van der Waals surface area (Å²) >= 11 is 1.76. The van der Waals surface area contributed by atoms with Gasteiger partial charge in [-0.3, -0.25) is 0 Å². The van der Waals surface area contributed by atoms with Crippen LogP contribution in [0.2, 0.25) is 0 Å². The van der Waals surface area contributed by atoms with Crippen LogP contribution in [0.4, 0.5) is 0 Å². The highest BCUT2D eigenvalue weighted by Crippen LogP contribution is 2.19. The van der Waals surface area contributed by atoms with Crippen molar-refractivity contribution in [3.8, 4) is 5.75 Å². The molecule has 0 saturated heterocycles. The SMILES string of the molecule is CCNCc1nc(C(C)C)ncc1OCCc1cccs1. The molecule has 0 radical (unpaired) electrons. The van der Waals surface area contributed by atoms with Crippen molar-refractivity contribution in [3.05, 3.63) is 40.1 Å². The molecule has 0 atom stereocenters. The number of nitrogens with one attached hydrogen (secondary N) is 1. The maximum atomic E-state index is 5.88. The summed E-state index contributed by atoms with van der Waals surface area (Å²) in [7, 11) is 0. The largest absolute Gasteiger partial charge is 0.490 e. The molecule has 2 heterocycles. The van der Waals surface area contributed by atoms with Crippen molar-refractivity contribution >= 4 is 11.3 Å². The second-order valence-electron chi connectivity index (χ2n) is 5.15. The zero-order valence-corrected chi connectivity index (χ0v) is 13.7. The molecule has 0 aliphatic rings. The number of rotatable bonds is 8. The predicted octanol–water partition coefficient (Wildman–Crippen LogP) is 3.39. The van der Waals surface area contributed by atoms with E-state index in [0.29, 0.717) is 19.1 Å². The number of nitrogens with zero attached hydrogens (tertiary/aromatic N) is 2. The molecule has 0 saturated carbocycles. The molecule has 0 fully saturated rings. The average Bonchev–Trinajstić information content (AvgIpc) is 2.99. The van der Waals surface area contributed by atoms with Crippen LogP contribution in [0.15, 0.2) is 23.7 Å². The summed E-state index contributed by atoms with van der Waals surface area (Å²) in [4.78, 5) is 10.4. The molecule has 0 unspecified atom stereocenters. The smallest absolute Gasteiger partial charge is 0.160 e. The van der Waals surface area contributed by atoms with Crippen LogP contribution in [0.1, 0.15) is 43.1 Å². The van der Waals surface area contributed by atoms with Gasteiger partial charge in [-0.2, -0.15) is 0 Å². The van der Waals surface area contributed by atoms with Crippen molar-refractivity contribution < 1.29 is 4.74 Å². The van der Waals surface area contributed by atoms with Crippen LogP contribution < -0.4 is 10.1 Å². The summed E-state index contributed by atoms with van der Waals surface area (Å²) in [6.45, 7) is 8.57. The number of hydrogen-bond acceptors (Lipinski definition) is 5. The lowest BCUT2D eigenvalue weighted by atomic mass is 10.2. The van der Waals surface area contributed by atoms with E-state index in [0.717, 1.165) is 30.2 Å². The van der Waals surface area contributed by atoms with Crippen molar-refractivity contribution in [1.29, 1.82) is 0 Å². The molecule has 2 aromatic rings. The standard InChI is InChI=1S/C16H23N3OS/c1-4-17-10-14-15(11-18-16(19-14)12(2)3)20-8-7-13-6-5-9-21-13/h5-6,9,11-12,17H,4,7-8,10H2,1-3H3. The van der Waals surface area contributed by atoms with Gasteiger partial charge in [0.05, 0.1) is 18.5 Å². The van der Waals surface area contributed by atoms with Gasteiger partial charge in [0, 0.05) is 23.8 Å². The van der Waals surface area contributed by atoms with Crippen LogP contribution in [0.25, 0.3) is 0 Å². The van der Waals surface area contributed by atoms with Crippen LogP contribution in [0, 0.1) is 0 Å². The Labute approximate surface area is 130 Å². The Morgan fingerprint density at radius 2 is 2.24 bits per heavy atom. The molecule has 2 aromatic heterocycles. The molecular weight excluding hydrogens is 282 g/mol. The van der Waals surface area contributed by atoms with E-state index in [1.807, 2.05) is 6.20 Å². The molecule has 0 spiro atoms. The Bertz CT molecular complexity index is 540. The van der Waals surface area contributed by atoms with Gasteiger partial charge in [0.1, 0.15) is 5.82 Å². The van der Waals surface area contributed by atoms with Crippen LogP contribution in [0.3, 0.4) is 0 Å². The van der Waals surface area contributed by atoms with Crippen LogP contribution in [-0.4, -0.2) is 23.1 Å². The minimum atomic E-state index is 0.325. The molecule has 114 valence electrons. The first-order valence-corrected chi connectivity index (χ1v) is 8.30. The molecular formula is C16H23N3OS. The van der Waals surface area contributed by atoms with Crippen LogP contribution in [-0.2, 0) is 13.0 Å². The molecule has 5 heteroatoms. The maximum absolute atomic E-state index is 5.88. The molecule has 0 aliphatic heterocycles. The normalized spacial score (nSPS) is 11.0. The molecule has 0 bridgehead atoms. The lowest BCUT2D eigenvalue weighted by molar-refractivity contribution is 0.314. The predicted molar refractivity (Wildman–Crippen MR) is 87.0 cm³/mol. The van der Waals surface area contributed by atoms with Gasteiger partial charge >= 0.3 is 0 Å². The highest BCUT2D eigenvalue weighted by molar-refractivity contribution is 7.09. The van der Waals surface area contributed by atoms with E-state index >= 15 is 0 Å². The third kappa shape index (κ3) is 4.79. The number of aromatic nitrogens is 2. The quantitative estimate of drug-likeness (QED) is 0.812. The third-order valence-corrected chi connectivity index (χ3v) is 4.03. The zero-order valence-electron chi connectivity index (χ0n) is 12.9. The molecule has 0 aliphatic carbocycles. The minimum absolute atomic E-state index is 0.325. The summed E-state index contributed by atoms with van der Waals surface area (Å²) in [5, 5.41) is 5.40. The van der Waals surface area contributed by atoms with Gasteiger partial charge in [0.25, 0.3) is 0 Å². The molecule has 0 amide bonds. The first-order valence-electron chi connectivity index (χ1n) is 7.42. The first kappa shape index (κ1) is 15.9. The maximum Gasteiger partial charge on any atom is 0.160 e. The van der Waals surface area contributed by atoms with Crippen molar-refractivity contribution in [1.82, 2.24) is 15.3 Å². The van der Waals surface area contributed by atoms with Gasteiger partial charge in [0.15, 0.2) is 5.75 Å². The average molecular weight is 305 g/mol. The fraction of sp³-hybridized carbons (Fsp3) is 0.500. The van der Waals surface area contributed by atoms with Crippen LogP contribution in [0.5, 0.6) is 5.75 Å². The number of hydrogen-bond donors (Lipinski definition) is 1. The fourth-order valence-electron chi connectivity index (χ4n) is 1.91. The highest BCUT2D eigenvalue weighted by atomic mass is 32.1. The summed E-state index contributed by atoms with van der Waals surface area (Å²) in [6, 6.07) is 4.20. The van der Waals surface area contributed by atoms with Gasteiger partial charge in [-0.25, -0.2) is 9.97 Å². The van der Waals surface area contributed by atoms with Gasteiger partial charge in [-0.1, -0.05) is 26.8 Å². The highest BCUT2D eigenvalue weighted by Gasteiger charge is 2.10. The Morgan fingerprint density at radius 3 is 2.90 bits per heavy atom. The van der Waals surface area contributed by atoms with Crippen molar-refractivity contribution in [2.24, 2.45) is 0 Å². The van der Waals surface area contributed by atoms with Gasteiger partial charge in [0.2, 0.25) is 0 Å². The second kappa shape index (κ2) is 8.10. The van der Waals surface area contributed by atoms with Crippen molar-refractivity contribution in [2.75, 3.05) is 13.2 Å². The van der Waals surface area contributed by atoms with E-state index in [4.69, 9.17) is 4.74 Å². The van der Waals surface area contributed by atoms with Gasteiger partial charge < -0.3 is 10.1 Å². The molecule has 21 heavy (non-hydrogen) atoms. The Hall–Kier alpha value is -1.46. The lowest BCUT2D eigenvalue weighted by Gasteiger charge is -2.13. The Morgan fingerprint density at radius 1 is 1.38 bits per heavy atom. The Balaban J connectivity index is 2.02. The van der Waals surface area contributed by atoms with E-state index in [-0.39, 0.29) is 0 Å². The number of ether oxygens (including phenoxy) is 1. The molecule has 1 N–H and O–H groups in total. The second-order valence-corrected chi connectivity index (χ2v) is 6.18. The van der Waals surface area contributed by atoms with Crippen molar-refractivity contribution in [2.45, 2.75) is 39.7 Å². The van der Waals surface area contributed by atoms with Crippen LogP contribution >= 0.6 is 11.3 Å². The lowest BCUT2D eigenvalue weighted by Crippen LogP contribution is -2.16. The summed E-state index contributed by atoms with van der Waals surface area (Å²) < 4.78 is 5.88. The zero-order chi connectivity index (χ0) is 15.1. The van der Waals surface area contributed by atoms with E-state index in [9.17, 15) is 0 Å². The van der Waals surface area contributed by atoms with Gasteiger partial charge in [-0.15, -0.1) is 11.3 Å². The summed E-state index contributed by atoms with van der Waals surface area (Å²) in [5.41, 5.74) is 0.946. The van der Waals surface area contributed by atoms with E-state index in [2.05, 4.69) is 53.6 Å². The van der Waals surface area contributed by atoms with Gasteiger partial charge in [-0.05, 0) is 18.0 Å². The first-order chi connectivity index (χ1) is 10.2. The van der Waals surface area contributed by atoms with Crippen molar-refractivity contribution in [3.63, 3.8) is 0 Å². The molecule has 0 aromatic carbocycles. The van der Waals surface area contributed by atoms with E-state index < -0.39 is 0 Å². The topological polar surface area (TPSA) is 47.0 Å². The summed E-state index contributed by atoms with van der Waals surface area (Å²) in [5.74, 6) is 1.98. The van der Waals surface area contributed by atoms with E-state index in [1.165, 1.54) is 4.88 Å². The molecule has 4 nitrogen and oxygen atoms in total. The Kier molecular flexibility index (Phi) is 6.14. The molecule has 2 rings (SSSR count). The van der Waals surface area contributed by atoms with E-state index in [1.54, 1.807) is 11.3 Å². The fourth-order valence-corrected chi connectivity index (χ4v) is 2.60. The minimum Gasteiger partial charge on any atom is -0.490 e. The monoisotopic (exact) mass is 305 g/mol. The third-order valence-electron chi connectivity index (χ3n) is 3.09. The number of thiophene rings is 1. The summed E-state index contributed by atoms with van der Waals surface area (Å²) in [6.07, 6.45) is 2.73.